The molecule has 1 aromatic heterocycles. The van der Waals surface area contributed by atoms with Gasteiger partial charge in [-0.15, -0.1) is 11.3 Å². The largest absolute Gasteiger partial charge is 0.490 e. The Morgan fingerprint density at radius 1 is 1.08 bits per heavy atom. The van der Waals surface area contributed by atoms with Crippen LogP contribution in [0.4, 0.5) is 8.78 Å². The number of fused-ring (bicyclic) bond motifs is 1. The van der Waals surface area contributed by atoms with Crippen LogP contribution in [0.5, 0.6) is 5.75 Å². The molecule has 0 bridgehead atoms. The van der Waals surface area contributed by atoms with Crippen LogP contribution in [0, 0.1) is 0 Å². The van der Waals surface area contributed by atoms with Crippen LogP contribution in [0.3, 0.4) is 0 Å². The average molecular weight is 566 g/mol. The van der Waals surface area contributed by atoms with Crippen molar-refractivity contribution < 1.29 is 18.3 Å². The molecule has 1 atom stereocenters. The molecule has 1 aliphatic carbocycles. The molecule has 2 aliphatic rings. The number of nitrogens with zero attached hydrogens (tertiary/aromatic N) is 1. The molecule has 0 radical (unpaired) electrons. The lowest BCUT2D eigenvalue weighted by Crippen LogP contribution is -2.55. The molecule has 0 spiro atoms. The number of ether oxygens (including phenoxy) is 1. The average Bonchev–Trinajstić information content (AvgIpc) is 3.56. The van der Waals surface area contributed by atoms with E-state index in [1.165, 1.54) is 29.9 Å². The van der Waals surface area contributed by atoms with Gasteiger partial charge in [0, 0.05) is 24.0 Å². The van der Waals surface area contributed by atoms with Gasteiger partial charge in [0.2, 0.25) is 5.91 Å². The van der Waals surface area contributed by atoms with Crippen molar-refractivity contribution in [1.82, 2.24) is 9.62 Å². The van der Waals surface area contributed by atoms with Crippen LogP contribution in [-0.4, -0.2) is 42.1 Å². The number of rotatable bonds is 8. The van der Waals surface area contributed by atoms with E-state index in [4.69, 9.17) is 22.1 Å². The molecule has 1 aliphatic heterocycles. The molecule has 5 nitrogen and oxygen atoms in total. The number of thiophene rings is 1. The molecular formula is C27H30ClF2N3O2S2. The van der Waals surface area contributed by atoms with Crippen molar-refractivity contribution in [3.8, 4) is 5.75 Å². The van der Waals surface area contributed by atoms with Gasteiger partial charge < -0.3 is 15.4 Å². The first-order valence-electron chi connectivity index (χ1n) is 12.6. The van der Waals surface area contributed by atoms with Gasteiger partial charge >= 0.3 is 5.92 Å². The summed E-state index contributed by atoms with van der Waals surface area (Å²) < 4.78 is 40.5. The standard InChI is InChI=1S/C27H30ClF2N3O2S2/c28-24-10-9-23(36-24)27(29,30)25(26(34)33-13-11-19(31)12-14-33)32-37-22-8-6-17-15-21(7-5-18(17)16-22)35-20-3-1-2-4-20/h5-10,15-16,19-20,25,32H,1-4,11-14,31H2. The minimum absolute atomic E-state index is 0.0110. The van der Waals surface area contributed by atoms with Crippen LogP contribution in [0.15, 0.2) is 53.4 Å². The van der Waals surface area contributed by atoms with Gasteiger partial charge in [-0.3, -0.25) is 4.79 Å². The van der Waals surface area contributed by atoms with Crippen LogP contribution in [0.1, 0.15) is 43.4 Å². The molecule has 2 heterocycles. The topological polar surface area (TPSA) is 67.6 Å². The second-order valence-corrected chi connectivity index (χ2v) is 12.4. The van der Waals surface area contributed by atoms with Crippen molar-refractivity contribution >= 4 is 51.6 Å². The van der Waals surface area contributed by atoms with Gasteiger partial charge in [-0.1, -0.05) is 23.7 Å². The summed E-state index contributed by atoms with van der Waals surface area (Å²) in [5.41, 5.74) is 5.96. The summed E-state index contributed by atoms with van der Waals surface area (Å²) in [6.45, 7) is 0.733. The van der Waals surface area contributed by atoms with Crippen molar-refractivity contribution in [2.45, 2.75) is 67.5 Å². The van der Waals surface area contributed by atoms with E-state index in [9.17, 15) is 4.79 Å². The van der Waals surface area contributed by atoms with E-state index in [1.54, 1.807) is 0 Å². The Morgan fingerprint density at radius 2 is 1.78 bits per heavy atom. The van der Waals surface area contributed by atoms with Gasteiger partial charge in [0.25, 0.3) is 0 Å². The Labute approximate surface area is 228 Å². The Morgan fingerprint density at radius 3 is 2.49 bits per heavy atom. The van der Waals surface area contributed by atoms with Gasteiger partial charge in [-0.2, -0.15) is 8.78 Å². The van der Waals surface area contributed by atoms with Gasteiger partial charge in [-0.25, -0.2) is 4.72 Å². The molecule has 1 saturated heterocycles. The smallest absolute Gasteiger partial charge is 0.306 e. The summed E-state index contributed by atoms with van der Waals surface area (Å²) in [7, 11) is 0. The normalized spacial score (nSPS) is 18.4. The van der Waals surface area contributed by atoms with E-state index in [0.717, 1.165) is 57.5 Å². The van der Waals surface area contributed by atoms with Crippen LogP contribution in [0.2, 0.25) is 4.34 Å². The Kier molecular flexibility index (Phi) is 8.26. The van der Waals surface area contributed by atoms with E-state index < -0.39 is 17.9 Å². The maximum absolute atomic E-state index is 15.7. The molecule has 1 unspecified atom stereocenters. The van der Waals surface area contributed by atoms with Crippen LogP contribution >= 0.6 is 34.9 Å². The fraction of sp³-hybridized carbons (Fsp3) is 0.444. The summed E-state index contributed by atoms with van der Waals surface area (Å²) in [5, 5.41) is 1.98. The summed E-state index contributed by atoms with van der Waals surface area (Å²) >= 11 is 7.76. The predicted molar refractivity (Wildman–Crippen MR) is 147 cm³/mol. The minimum Gasteiger partial charge on any atom is -0.490 e. The molecule has 2 aromatic carbocycles. The number of alkyl halides is 2. The summed E-state index contributed by atoms with van der Waals surface area (Å²) in [6.07, 6.45) is 6.06. The highest BCUT2D eigenvalue weighted by Crippen LogP contribution is 2.40. The van der Waals surface area contributed by atoms with E-state index in [1.807, 2.05) is 36.4 Å². The lowest BCUT2D eigenvalue weighted by atomic mass is 10.0. The number of carbonyl (C=O) groups excluding carboxylic acids is 1. The molecule has 3 aromatic rings. The number of halogens is 3. The number of hydrogen-bond acceptors (Lipinski definition) is 6. The highest BCUT2D eigenvalue weighted by molar-refractivity contribution is 7.97. The summed E-state index contributed by atoms with van der Waals surface area (Å²) in [5.74, 6) is -3.23. The maximum Gasteiger partial charge on any atom is 0.306 e. The molecule has 10 heteroatoms. The van der Waals surface area contributed by atoms with E-state index in [0.29, 0.717) is 25.9 Å². The zero-order chi connectivity index (χ0) is 26.0. The Bertz CT molecular complexity index is 1240. The second-order valence-electron chi connectivity index (χ2n) is 9.74. The number of hydrogen-bond donors (Lipinski definition) is 2. The molecular weight excluding hydrogens is 536 g/mol. The van der Waals surface area contributed by atoms with Gasteiger partial charge in [-0.05, 0) is 97.6 Å². The monoisotopic (exact) mass is 565 g/mol. The third-order valence-electron chi connectivity index (χ3n) is 7.05. The van der Waals surface area contributed by atoms with Gasteiger partial charge in [0.15, 0.2) is 6.04 Å². The number of piperidine rings is 1. The first kappa shape index (κ1) is 26.7. The van der Waals surface area contributed by atoms with Crippen molar-refractivity contribution in [3.05, 3.63) is 57.7 Å². The molecule has 5 rings (SSSR count). The summed E-state index contributed by atoms with van der Waals surface area (Å²) in [6, 6.07) is 12.6. The van der Waals surface area contributed by atoms with Crippen molar-refractivity contribution in [3.63, 3.8) is 0 Å². The minimum atomic E-state index is -3.44. The quantitative estimate of drug-likeness (QED) is 0.302. The third-order valence-corrected chi connectivity index (χ3v) is 9.21. The molecule has 1 saturated carbocycles. The molecule has 1 amide bonds. The zero-order valence-corrected chi connectivity index (χ0v) is 22.7. The van der Waals surface area contributed by atoms with E-state index in [-0.39, 0.29) is 21.4 Å². The molecule has 2 fully saturated rings. The SMILES string of the molecule is NC1CCN(C(=O)C(NSc2ccc3cc(OC4CCCC4)ccc3c2)C(F)(F)c2ccc(Cl)s2)CC1. The van der Waals surface area contributed by atoms with Gasteiger partial charge in [0.05, 0.1) is 15.3 Å². The van der Waals surface area contributed by atoms with Crippen LogP contribution in [0.25, 0.3) is 10.8 Å². The van der Waals surface area contributed by atoms with Crippen molar-refractivity contribution in [1.29, 1.82) is 0 Å². The van der Waals surface area contributed by atoms with Crippen LogP contribution < -0.4 is 15.2 Å². The summed E-state index contributed by atoms with van der Waals surface area (Å²) in [4.78, 5) is 15.3. The highest BCUT2D eigenvalue weighted by Gasteiger charge is 2.49. The fourth-order valence-electron chi connectivity index (χ4n) is 4.88. The zero-order valence-electron chi connectivity index (χ0n) is 20.3. The van der Waals surface area contributed by atoms with Crippen LogP contribution in [-0.2, 0) is 10.7 Å². The lowest BCUT2D eigenvalue weighted by Gasteiger charge is -2.35. The second kappa shape index (κ2) is 11.5. The maximum atomic E-state index is 15.7. The first-order valence-corrected chi connectivity index (χ1v) is 14.6. The lowest BCUT2D eigenvalue weighted by molar-refractivity contribution is -0.144. The number of nitrogens with two attached hydrogens (primary N) is 1. The number of amides is 1. The highest BCUT2D eigenvalue weighted by atomic mass is 35.5. The van der Waals surface area contributed by atoms with E-state index in [2.05, 4.69) is 4.72 Å². The molecule has 198 valence electrons. The first-order chi connectivity index (χ1) is 17.8. The van der Waals surface area contributed by atoms with E-state index >= 15 is 8.78 Å². The molecule has 37 heavy (non-hydrogen) atoms. The fourth-order valence-corrected chi connectivity index (χ4v) is 6.76. The van der Waals surface area contributed by atoms with Crippen molar-refractivity contribution in [2.75, 3.05) is 13.1 Å². The number of benzene rings is 2. The predicted octanol–water partition coefficient (Wildman–Crippen LogP) is 6.58. The Hall–Kier alpha value is -1.91. The number of nitrogens with one attached hydrogen (secondary N) is 1. The van der Waals surface area contributed by atoms with Crippen molar-refractivity contribution in [2.24, 2.45) is 5.73 Å². The number of likely N-dealkylation sites (tertiary alicyclic amines) is 1. The Balaban J connectivity index is 1.33. The third kappa shape index (κ3) is 6.23. The van der Waals surface area contributed by atoms with Gasteiger partial charge in [0.1, 0.15) is 5.75 Å². The number of carbonyl (C=O) groups is 1. The molecule has 3 N–H and O–H groups in total.